The van der Waals surface area contributed by atoms with Crippen molar-refractivity contribution >= 4 is 11.3 Å². The maximum absolute atomic E-state index is 3.51. The second-order valence-corrected chi connectivity index (χ2v) is 7.47. The fraction of sp³-hybridized carbons (Fsp3) is 0.750. The molecule has 1 atom stereocenters. The number of nitrogens with zero attached hydrogens (tertiary/aromatic N) is 1. The predicted molar refractivity (Wildman–Crippen MR) is 84.7 cm³/mol. The van der Waals surface area contributed by atoms with E-state index in [-0.39, 0.29) is 0 Å². The summed E-state index contributed by atoms with van der Waals surface area (Å²) in [4.78, 5) is 5.61. The molecule has 0 amide bonds. The Hall–Kier alpha value is -0.380. The van der Waals surface area contributed by atoms with Crippen LogP contribution in [0.3, 0.4) is 0 Å². The number of likely N-dealkylation sites (tertiary alicyclic amines) is 1. The Bertz CT molecular complexity index is 397. The Labute approximate surface area is 122 Å². The quantitative estimate of drug-likeness (QED) is 0.853. The molecule has 2 rings (SSSR count). The van der Waals surface area contributed by atoms with Gasteiger partial charge >= 0.3 is 0 Å². The van der Waals surface area contributed by atoms with E-state index in [4.69, 9.17) is 0 Å². The van der Waals surface area contributed by atoms with Gasteiger partial charge in [0.25, 0.3) is 0 Å². The van der Waals surface area contributed by atoms with Crippen LogP contribution in [0, 0.1) is 12.8 Å². The highest BCUT2D eigenvalue weighted by molar-refractivity contribution is 7.12. The van der Waals surface area contributed by atoms with Crippen molar-refractivity contribution in [1.29, 1.82) is 0 Å². The number of hydrogen-bond donors (Lipinski definition) is 1. The van der Waals surface area contributed by atoms with E-state index < -0.39 is 0 Å². The van der Waals surface area contributed by atoms with E-state index >= 15 is 0 Å². The lowest BCUT2D eigenvalue weighted by atomic mass is 10.1. The third-order valence-electron chi connectivity index (χ3n) is 4.10. The van der Waals surface area contributed by atoms with Crippen molar-refractivity contribution in [2.75, 3.05) is 13.1 Å². The Morgan fingerprint density at radius 1 is 1.47 bits per heavy atom. The maximum atomic E-state index is 3.51. The number of rotatable bonds is 6. The molecule has 1 aromatic rings. The van der Waals surface area contributed by atoms with Crippen molar-refractivity contribution < 1.29 is 0 Å². The van der Waals surface area contributed by atoms with Crippen molar-refractivity contribution in [3.8, 4) is 0 Å². The highest BCUT2D eigenvalue weighted by Crippen LogP contribution is 2.26. The summed E-state index contributed by atoms with van der Waals surface area (Å²) in [5.41, 5.74) is 1.54. The SMILES string of the molecule is CCC1CCN(Cc2cc(CNC(C)C)sc2C)C1. The van der Waals surface area contributed by atoms with Gasteiger partial charge in [-0.1, -0.05) is 27.2 Å². The molecular weight excluding hydrogens is 252 g/mol. The van der Waals surface area contributed by atoms with Crippen LogP contribution in [0.4, 0.5) is 0 Å². The molecule has 0 saturated carbocycles. The minimum atomic E-state index is 0.565. The van der Waals surface area contributed by atoms with Crippen molar-refractivity contribution in [3.05, 3.63) is 21.4 Å². The van der Waals surface area contributed by atoms with Crippen LogP contribution in [0.15, 0.2) is 6.07 Å². The van der Waals surface area contributed by atoms with Crippen molar-refractivity contribution in [3.63, 3.8) is 0 Å². The molecule has 1 aromatic heterocycles. The summed E-state index contributed by atoms with van der Waals surface area (Å²) < 4.78 is 0. The van der Waals surface area contributed by atoms with Crippen LogP contribution < -0.4 is 5.32 Å². The van der Waals surface area contributed by atoms with Gasteiger partial charge in [0, 0.05) is 35.4 Å². The Morgan fingerprint density at radius 2 is 2.26 bits per heavy atom. The molecule has 1 saturated heterocycles. The van der Waals surface area contributed by atoms with E-state index in [9.17, 15) is 0 Å². The normalized spacial score (nSPS) is 20.6. The van der Waals surface area contributed by atoms with Gasteiger partial charge in [0.15, 0.2) is 0 Å². The Balaban J connectivity index is 1.90. The van der Waals surface area contributed by atoms with E-state index in [1.807, 2.05) is 11.3 Å². The van der Waals surface area contributed by atoms with Crippen LogP contribution >= 0.6 is 11.3 Å². The van der Waals surface area contributed by atoms with E-state index in [0.29, 0.717) is 6.04 Å². The van der Waals surface area contributed by atoms with Crippen LogP contribution in [0.5, 0.6) is 0 Å². The predicted octanol–water partition coefficient (Wildman–Crippen LogP) is 3.79. The zero-order chi connectivity index (χ0) is 13.8. The lowest BCUT2D eigenvalue weighted by molar-refractivity contribution is 0.315. The molecule has 0 aromatic carbocycles. The first-order valence-corrected chi connectivity index (χ1v) is 8.44. The molecule has 1 unspecified atom stereocenters. The molecule has 2 heterocycles. The van der Waals surface area contributed by atoms with Gasteiger partial charge in [0.2, 0.25) is 0 Å². The van der Waals surface area contributed by atoms with Gasteiger partial charge in [0.05, 0.1) is 0 Å². The highest BCUT2D eigenvalue weighted by Gasteiger charge is 2.21. The molecular formula is C16H28N2S. The first-order valence-electron chi connectivity index (χ1n) is 7.62. The molecule has 0 aliphatic carbocycles. The fourth-order valence-electron chi connectivity index (χ4n) is 2.77. The van der Waals surface area contributed by atoms with E-state index in [2.05, 4.69) is 44.0 Å². The molecule has 2 nitrogen and oxygen atoms in total. The summed E-state index contributed by atoms with van der Waals surface area (Å²) in [7, 11) is 0. The topological polar surface area (TPSA) is 15.3 Å². The fourth-order valence-corrected chi connectivity index (χ4v) is 3.77. The molecule has 19 heavy (non-hydrogen) atoms. The molecule has 1 aliphatic heterocycles. The smallest absolute Gasteiger partial charge is 0.0302 e. The number of aryl methyl sites for hydroxylation is 1. The van der Waals surface area contributed by atoms with Crippen LogP contribution in [0.2, 0.25) is 0 Å². The van der Waals surface area contributed by atoms with Gasteiger partial charge in [-0.25, -0.2) is 0 Å². The van der Waals surface area contributed by atoms with Gasteiger partial charge in [-0.3, -0.25) is 4.90 Å². The average molecular weight is 280 g/mol. The van der Waals surface area contributed by atoms with Crippen molar-refractivity contribution in [2.24, 2.45) is 5.92 Å². The zero-order valence-corrected chi connectivity index (χ0v) is 13.6. The molecule has 3 heteroatoms. The standard InChI is InChI=1S/C16H28N2S/c1-5-14-6-7-18(10-14)11-15-8-16(19-13(15)4)9-17-12(2)3/h8,12,14,17H,5-7,9-11H2,1-4H3. The molecule has 1 N–H and O–H groups in total. The Morgan fingerprint density at radius 3 is 2.89 bits per heavy atom. The van der Waals surface area contributed by atoms with Crippen molar-refractivity contribution in [2.45, 2.75) is 59.7 Å². The first kappa shape index (κ1) is 15.0. The Kier molecular flexibility index (Phi) is 5.43. The van der Waals surface area contributed by atoms with Crippen LogP contribution in [-0.2, 0) is 13.1 Å². The summed E-state index contributed by atoms with van der Waals surface area (Å²) in [6, 6.07) is 2.98. The lowest BCUT2D eigenvalue weighted by Crippen LogP contribution is -2.21. The second-order valence-electron chi connectivity index (χ2n) is 6.13. The maximum Gasteiger partial charge on any atom is 0.0302 e. The van der Waals surface area contributed by atoms with Gasteiger partial charge < -0.3 is 5.32 Å². The van der Waals surface area contributed by atoms with Gasteiger partial charge in [-0.2, -0.15) is 0 Å². The lowest BCUT2D eigenvalue weighted by Gasteiger charge is -2.15. The molecule has 1 fully saturated rings. The number of hydrogen-bond acceptors (Lipinski definition) is 3. The summed E-state index contributed by atoms with van der Waals surface area (Å²) in [6.45, 7) is 13.7. The highest BCUT2D eigenvalue weighted by atomic mass is 32.1. The van der Waals surface area contributed by atoms with Crippen LogP contribution in [0.1, 0.15) is 48.9 Å². The minimum absolute atomic E-state index is 0.565. The first-order chi connectivity index (χ1) is 9.08. The molecule has 0 bridgehead atoms. The molecule has 108 valence electrons. The zero-order valence-electron chi connectivity index (χ0n) is 12.8. The third kappa shape index (κ3) is 4.30. The summed E-state index contributed by atoms with van der Waals surface area (Å²) in [6.07, 6.45) is 2.73. The molecule has 0 radical (unpaired) electrons. The van der Waals surface area contributed by atoms with E-state index in [0.717, 1.165) is 19.0 Å². The number of thiophene rings is 1. The summed E-state index contributed by atoms with van der Waals surface area (Å²) >= 11 is 1.96. The van der Waals surface area contributed by atoms with Crippen LogP contribution in [-0.4, -0.2) is 24.0 Å². The van der Waals surface area contributed by atoms with Crippen LogP contribution in [0.25, 0.3) is 0 Å². The minimum Gasteiger partial charge on any atom is -0.310 e. The molecule has 1 aliphatic rings. The van der Waals surface area contributed by atoms with Gasteiger partial charge in [0.1, 0.15) is 0 Å². The summed E-state index contributed by atoms with van der Waals surface area (Å²) in [5.74, 6) is 0.931. The average Bonchev–Trinajstić information content (AvgIpc) is 2.95. The largest absolute Gasteiger partial charge is 0.310 e. The monoisotopic (exact) mass is 280 g/mol. The van der Waals surface area contributed by atoms with Gasteiger partial charge in [-0.15, -0.1) is 11.3 Å². The number of nitrogens with one attached hydrogen (secondary N) is 1. The van der Waals surface area contributed by atoms with Gasteiger partial charge in [-0.05, 0) is 37.4 Å². The van der Waals surface area contributed by atoms with E-state index in [1.54, 1.807) is 5.56 Å². The van der Waals surface area contributed by atoms with E-state index in [1.165, 1.54) is 35.7 Å². The second kappa shape index (κ2) is 6.87. The molecule has 0 spiro atoms. The summed E-state index contributed by atoms with van der Waals surface area (Å²) in [5, 5.41) is 3.51. The third-order valence-corrected chi connectivity index (χ3v) is 5.19. The van der Waals surface area contributed by atoms with Crippen molar-refractivity contribution in [1.82, 2.24) is 10.2 Å².